The molecule has 4 heterocycles. The number of carbonyl (C=O) groups excluding carboxylic acids is 1. The van der Waals surface area contributed by atoms with E-state index < -0.39 is 23.2 Å². The Morgan fingerprint density at radius 2 is 2.06 bits per heavy atom. The molecule has 1 aliphatic rings. The van der Waals surface area contributed by atoms with Crippen LogP contribution in [0.5, 0.6) is 0 Å². The number of nitrogens with one attached hydrogen (secondary N) is 2. The summed E-state index contributed by atoms with van der Waals surface area (Å²) in [6.07, 6.45) is -0.0336. The van der Waals surface area contributed by atoms with Crippen LogP contribution < -0.4 is 15.5 Å². The van der Waals surface area contributed by atoms with E-state index in [1.807, 2.05) is 0 Å². The Morgan fingerprint density at radius 3 is 2.73 bits per heavy atom. The first-order chi connectivity index (χ1) is 16.3. The van der Waals surface area contributed by atoms with Gasteiger partial charge in [0, 0.05) is 39.6 Å². The smallest absolute Gasteiger partial charge is 0.350 e. The van der Waals surface area contributed by atoms with E-state index in [1.54, 1.807) is 35.9 Å². The predicted octanol–water partition coefficient (Wildman–Crippen LogP) is 3.42. The first-order valence-electron chi connectivity index (χ1n) is 10.8. The van der Waals surface area contributed by atoms with E-state index in [9.17, 15) is 18.0 Å². The van der Waals surface area contributed by atoms with Crippen LogP contribution in [0.1, 0.15) is 32.2 Å². The van der Waals surface area contributed by atoms with Gasteiger partial charge in [0.25, 0.3) is 0 Å². The van der Waals surface area contributed by atoms with Gasteiger partial charge in [-0.25, -0.2) is 4.98 Å². The maximum absolute atomic E-state index is 12.7. The number of rotatable bonds is 6. The fourth-order valence-electron chi connectivity index (χ4n) is 3.19. The summed E-state index contributed by atoms with van der Waals surface area (Å²) in [4.78, 5) is 26.0. The van der Waals surface area contributed by atoms with Crippen molar-refractivity contribution in [3.8, 4) is 0 Å². The number of carbonyl (C=O) groups is 1. The number of aromatic nitrogens is 5. The van der Waals surface area contributed by atoms with Gasteiger partial charge in [-0.15, -0.1) is 0 Å². The van der Waals surface area contributed by atoms with Gasteiger partial charge in [-0.1, -0.05) is 22.0 Å². The molecule has 0 saturated heterocycles. The third-order valence-corrected chi connectivity index (χ3v) is 5.49. The summed E-state index contributed by atoms with van der Waals surface area (Å²) in [6, 6.07) is 1.77. The topological polar surface area (TPSA) is 101 Å². The van der Waals surface area contributed by atoms with Crippen LogP contribution in [0.2, 0.25) is 0 Å². The predicted molar refractivity (Wildman–Crippen MR) is 119 cm³/mol. The van der Waals surface area contributed by atoms with Crippen molar-refractivity contribution >= 4 is 39.3 Å². The SMILES string of the molecule is [2H]C([2H])(Br)c1nc(NCc2cnn(Cc3ccc(C(F)(F)F)nc3)c2)nc2c1NC(=O)[C@H](C)N2C. The quantitative estimate of drug-likeness (QED) is 0.474. The molecule has 0 unspecified atom stereocenters. The van der Waals surface area contributed by atoms with Crippen molar-refractivity contribution < 1.29 is 20.7 Å². The number of nitrogens with zero attached hydrogens (tertiary/aromatic N) is 6. The monoisotopic (exact) mass is 526 g/mol. The summed E-state index contributed by atoms with van der Waals surface area (Å²) >= 11 is 2.97. The number of hydrogen-bond acceptors (Lipinski definition) is 7. The first-order valence-corrected chi connectivity index (χ1v) is 10.5. The van der Waals surface area contributed by atoms with Gasteiger partial charge in [-0.05, 0) is 18.6 Å². The Kier molecular flexibility index (Phi) is 5.54. The summed E-state index contributed by atoms with van der Waals surface area (Å²) < 4.78 is 55.7. The Labute approximate surface area is 198 Å². The van der Waals surface area contributed by atoms with Gasteiger partial charge in [-0.3, -0.25) is 14.5 Å². The first kappa shape index (κ1) is 20.4. The third kappa shape index (κ3) is 4.92. The van der Waals surface area contributed by atoms with Crippen LogP contribution in [-0.2, 0) is 29.3 Å². The van der Waals surface area contributed by atoms with E-state index in [2.05, 4.69) is 46.6 Å². The molecule has 0 aliphatic carbocycles. The van der Waals surface area contributed by atoms with Crippen molar-refractivity contribution in [2.75, 3.05) is 22.6 Å². The zero-order valence-corrected chi connectivity index (χ0v) is 19.1. The molecule has 13 heteroatoms. The van der Waals surface area contributed by atoms with Crippen molar-refractivity contribution in [1.82, 2.24) is 24.7 Å². The van der Waals surface area contributed by atoms with E-state index in [4.69, 9.17) is 2.74 Å². The lowest BCUT2D eigenvalue weighted by Crippen LogP contribution is -2.45. The Hall–Kier alpha value is -3.22. The van der Waals surface area contributed by atoms with Crippen LogP contribution >= 0.6 is 15.9 Å². The largest absolute Gasteiger partial charge is 0.433 e. The lowest BCUT2D eigenvalue weighted by molar-refractivity contribution is -0.141. The summed E-state index contributed by atoms with van der Waals surface area (Å²) in [5.74, 6) is 0.230. The lowest BCUT2D eigenvalue weighted by atomic mass is 10.2. The molecule has 0 spiro atoms. The number of amides is 1. The molecular formula is C20H20BrF3N8O. The zero-order chi connectivity index (χ0) is 25.5. The van der Waals surface area contributed by atoms with Crippen LogP contribution in [0.25, 0.3) is 0 Å². The minimum absolute atomic E-state index is 0.0254. The van der Waals surface area contributed by atoms with Crippen LogP contribution in [0, 0.1) is 0 Å². The Morgan fingerprint density at radius 1 is 1.27 bits per heavy atom. The van der Waals surface area contributed by atoms with Crippen LogP contribution in [0.3, 0.4) is 0 Å². The Balaban J connectivity index is 1.49. The molecule has 0 radical (unpaired) electrons. The van der Waals surface area contributed by atoms with Gasteiger partial charge in [0.15, 0.2) is 5.82 Å². The average molecular weight is 527 g/mol. The van der Waals surface area contributed by atoms with E-state index in [0.717, 1.165) is 17.8 Å². The number of alkyl halides is 4. The number of likely N-dealkylation sites (N-methyl/N-ethyl adjacent to an activating group) is 1. The minimum atomic E-state index is -4.49. The molecule has 3 aromatic heterocycles. The zero-order valence-electron chi connectivity index (χ0n) is 19.5. The standard InChI is InChI=1S/C20H20BrF3N8O/c1-11-18(33)29-16-14(5-21)28-19(30-17(16)31(11)2)26-7-13-8-27-32(10-13)9-12-3-4-15(25-6-12)20(22,23)24/h3-4,6,8,10-11H,5,7,9H2,1-2H3,(H,29,33)(H,26,28,30)/t11-/m0/s1/i5D2. The number of fused-ring (bicyclic) bond motifs is 1. The highest BCUT2D eigenvalue weighted by Crippen LogP contribution is 2.33. The molecule has 0 aromatic carbocycles. The fraction of sp³-hybridized carbons (Fsp3) is 0.350. The van der Waals surface area contributed by atoms with E-state index in [1.165, 1.54) is 6.07 Å². The molecule has 0 fully saturated rings. The number of anilines is 3. The maximum Gasteiger partial charge on any atom is 0.433 e. The summed E-state index contributed by atoms with van der Waals surface area (Å²) in [6.45, 7) is 2.19. The van der Waals surface area contributed by atoms with Crippen LogP contribution in [0.4, 0.5) is 30.6 Å². The maximum atomic E-state index is 12.7. The van der Waals surface area contributed by atoms with Gasteiger partial charge in [0.05, 0.1) is 18.4 Å². The highest BCUT2D eigenvalue weighted by molar-refractivity contribution is 9.08. The number of pyridine rings is 1. The van der Waals surface area contributed by atoms with Gasteiger partial charge in [0.1, 0.15) is 17.4 Å². The molecule has 1 amide bonds. The van der Waals surface area contributed by atoms with E-state index in [-0.39, 0.29) is 36.3 Å². The molecule has 9 nitrogen and oxygen atoms in total. The molecule has 1 aliphatic heterocycles. The second kappa shape index (κ2) is 8.96. The van der Waals surface area contributed by atoms with Gasteiger partial charge >= 0.3 is 6.18 Å². The fourth-order valence-corrected chi connectivity index (χ4v) is 3.48. The normalized spacial score (nSPS) is 17.2. The molecule has 2 N–H and O–H groups in total. The number of hydrogen-bond donors (Lipinski definition) is 2. The minimum Gasteiger partial charge on any atom is -0.350 e. The molecular weight excluding hydrogens is 505 g/mol. The second-order valence-electron chi connectivity index (χ2n) is 7.41. The highest BCUT2D eigenvalue weighted by atomic mass is 79.9. The van der Waals surface area contributed by atoms with Gasteiger partial charge in [-0.2, -0.15) is 23.3 Å². The van der Waals surface area contributed by atoms with Crippen molar-refractivity contribution in [2.45, 2.75) is 37.5 Å². The molecule has 0 bridgehead atoms. The van der Waals surface area contributed by atoms with Crippen molar-refractivity contribution in [2.24, 2.45) is 0 Å². The van der Waals surface area contributed by atoms with Gasteiger partial charge < -0.3 is 15.5 Å². The molecule has 174 valence electrons. The molecule has 1 atom stereocenters. The molecule has 4 rings (SSSR count). The van der Waals surface area contributed by atoms with Crippen LogP contribution in [0.15, 0.2) is 30.7 Å². The number of halogens is 4. The van der Waals surface area contributed by atoms with Crippen molar-refractivity contribution in [3.05, 3.63) is 53.2 Å². The van der Waals surface area contributed by atoms with Crippen molar-refractivity contribution in [1.29, 1.82) is 0 Å². The summed E-state index contributed by atoms with van der Waals surface area (Å²) in [5.41, 5.74) is 0.513. The molecule has 33 heavy (non-hydrogen) atoms. The van der Waals surface area contributed by atoms with E-state index in [0.29, 0.717) is 11.4 Å². The summed E-state index contributed by atoms with van der Waals surface area (Å²) in [5, 5.41) is 7.89. The molecule has 0 saturated carbocycles. The van der Waals surface area contributed by atoms with Gasteiger partial charge in [0.2, 0.25) is 11.9 Å². The highest BCUT2D eigenvalue weighted by Gasteiger charge is 2.32. The molecule has 3 aromatic rings. The van der Waals surface area contributed by atoms with Crippen LogP contribution in [-0.4, -0.2) is 43.7 Å². The summed E-state index contributed by atoms with van der Waals surface area (Å²) in [7, 11) is 1.69. The Bertz CT molecular complexity index is 1250. The van der Waals surface area contributed by atoms with E-state index >= 15 is 0 Å². The average Bonchev–Trinajstić information content (AvgIpc) is 3.22. The second-order valence-corrected chi connectivity index (χ2v) is 7.81. The lowest BCUT2D eigenvalue weighted by Gasteiger charge is -2.32. The third-order valence-electron chi connectivity index (χ3n) is 5.12. The van der Waals surface area contributed by atoms with Crippen molar-refractivity contribution in [3.63, 3.8) is 0 Å².